The summed E-state index contributed by atoms with van der Waals surface area (Å²) in [7, 11) is 0. The fourth-order valence-corrected chi connectivity index (χ4v) is 3.27. The number of hydrogen-bond donors (Lipinski definition) is 3. The van der Waals surface area contributed by atoms with E-state index in [9.17, 15) is 14.4 Å². The van der Waals surface area contributed by atoms with Crippen molar-refractivity contribution in [1.29, 1.82) is 0 Å². The Hall–Kier alpha value is -2.19. The summed E-state index contributed by atoms with van der Waals surface area (Å²) in [5.74, 6) is -1.25. The second-order valence-corrected chi connectivity index (χ2v) is 7.07. The van der Waals surface area contributed by atoms with E-state index in [1.54, 1.807) is 36.4 Å². The number of para-hydroxylation sites is 1. The molecule has 1 atom stereocenters. The van der Waals surface area contributed by atoms with Crippen LogP contribution in [0.1, 0.15) is 18.0 Å². The van der Waals surface area contributed by atoms with E-state index < -0.39 is 23.8 Å². The summed E-state index contributed by atoms with van der Waals surface area (Å²) < 4.78 is 1.51. The van der Waals surface area contributed by atoms with Gasteiger partial charge in [0.05, 0.1) is 16.2 Å². The molecule has 0 spiro atoms. The average molecular weight is 467 g/mol. The number of carbonyl (C=O) groups excluding carboxylic acids is 3. The Labute approximate surface area is 160 Å². The molecule has 1 unspecified atom stereocenters. The van der Waals surface area contributed by atoms with Crippen LogP contribution in [0.5, 0.6) is 0 Å². The molecule has 0 radical (unpaired) electrons. The Balaban J connectivity index is 1.81. The lowest BCUT2D eigenvalue weighted by Gasteiger charge is -2.19. The van der Waals surface area contributed by atoms with Gasteiger partial charge in [-0.25, -0.2) is 4.79 Å². The summed E-state index contributed by atoms with van der Waals surface area (Å²) in [6, 6.07) is 11.3. The molecule has 128 valence electrons. The number of ketones is 1. The second kappa shape index (κ2) is 7.37. The van der Waals surface area contributed by atoms with Crippen LogP contribution in [0.3, 0.4) is 0 Å². The van der Waals surface area contributed by atoms with Crippen LogP contribution < -0.4 is 16.0 Å². The van der Waals surface area contributed by atoms with E-state index in [1.165, 1.54) is 0 Å². The van der Waals surface area contributed by atoms with Gasteiger partial charge in [0.15, 0.2) is 0 Å². The third-order valence-electron chi connectivity index (χ3n) is 3.73. The lowest BCUT2D eigenvalue weighted by Crippen LogP contribution is -2.34. The average Bonchev–Trinajstić information content (AvgIpc) is 2.69. The summed E-state index contributed by atoms with van der Waals surface area (Å²) in [4.78, 5) is 36.1. The number of carbonyl (C=O) groups is 3. The highest BCUT2D eigenvalue weighted by atomic mass is 79.9. The summed E-state index contributed by atoms with van der Waals surface area (Å²) in [5, 5.41) is 8.06. The Kier molecular flexibility index (Phi) is 5.19. The van der Waals surface area contributed by atoms with Crippen molar-refractivity contribution < 1.29 is 14.4 Å². The lowest BCUT2D eigenvalue weighted by atomic mass is 10.0. The minimum atomic E-state index is -0.674. The van der Waals surface area contributed by atoms with Crippen LogP contribution in [0.4, 0.5) is 16.2 Å². The minimum absolute atomic E-state index is 0.101. The first-order chi connectivity index (χ1) is 12.0. The third-order valence-corrected chi connectivity index (χ3v) is 5.78. The fraction of sp³-hybridized carbons (Fsp3) is 0.118. The van der Waals surface area contributed by atoms with E-state index in [2.05, 4.69) is 47.8 Å². The van der Waals surface area contributed by atoms with Gasteiger partial charge in [0.2, 0.25) is 5.78 Å². The van der Waals surface area contributed by atoms with E-state index in [4.69, 9.17) is 0 Å². The largest absolute Gasteiger partial charge is 0.331 e. The van der Waals surface area contributed by atoms with E-state index >= 15 is 0 Å². The number of anilines is 2. The van der Waals surface area contributed by atoms with Gasteiger partial charge in [0.25, 0.3) is 5.91 Å². The van der Waals surface area contributed by atoms with Gasteiger partial charge in [-0.2, -0.15) is 0 Å². The van der Waals surface area contributed by atoms with Gasteiger partial charge in [0, 0.05) is 16.6 Å². The number of fused-ring (bicyclic) bond motifs is 1. The molecule has 0 fully saturated rings. The predicted molar refractivity (Wildman–Crippen MR) is 101 cm³/mol. The Morgan fingerprint density at radius 3 is 2.64 bits per heavy atom. The quantitative estimate of drug-likeness (QED) is 0.585. The van der Waals surface area contributed by atoms with Crippen molar-refractivity contribution in [3.63, 3.8) is 0 Å². The van der Waals surface area contributed by atoms with E-state index in [-0.39, 0.29) is 6.42 Å². The Morgan fingerprint density at radius 2 is 1.84 bits per heavy atom. The summed E-state index contributed by atoms with van der Waals surface area (Å²) in [6.07, 6.45) is -0.101. The van der Waals surface area contributed by atoms with Crippen molar-refractivity contribution in [1.82, 2.24) is 5.32 Å². The molecule has 8 heteroatoms. The topological polar surface area (TPSA) is 87.3 Å². The molecule has 0 saturated carbocycles. The van der Waals surface area contributed by atoms with Gasteiger partial charge in [-0.1, -0.05) is 24.3 Å². The zero-order chi connectivity index (χ0) is 18.0. The molecule has 25 heavy (non-hydrogen) atoms. The fourth-order valence-electron chi connectivity index (χ4n) is 2.54. The number of Topliss-reactive ketones (excluding diaryl/α,β-unsaturated/α-hetero) is 1. The number of rotatable bonds is 2. The van der Waals surface area contributed by atoms with Crippen LogP contribution in [0.25, 0.3) is 0 Å². The summed E-state index contributed by atoms with van der Waals surface area (Å²) in [6.45, 7) is 0. The molecule has 2 aromatic rings. The van der Waals surface area contributed by atoms with Gasteiger partial charge in [-0.15, -0.1) is 0 Å². The third kappa shape index (κ3) is 3.91. The van der Waals surface area contributed by atoms with Crippen molar-refractivity contribution in [3.05, 3.63) is 57.0 Å². The smallest absolute Gasteiger partial charge is 0.319 e. The van der Waals surface area contributed by atoms with Gasteiger partial charge in [-0.05, 0) is 55.6 Å². The van der Waals surface area contributed by atoms with Crippen molar-refractivity contribution in [2.75, 3.05) is 10.6 Å². The van der Waals surface area contributed by atoms with Crippen LogP contribution in [0.15, 0.2) is 51.4 Å². The van der Waals surface area contributed by atoms with Crippen molar-refractivity contribution >= 4 is 61.0 Å². The molecule has 3 N–H and O–H groups in total. The van der Waals surface area contributed by atoms with Crippen molar-refractivity contribution in [2.24, 2.45) is 0 Å². The molecule has 2 aromatic carbocycles. The summed E-state index contributed by atoms with van der Waals surface area (Å²) in [5.41, 5.74) is 1.78. The molecular weight excluding hydrogens is 454 g/mol. The molecule has 0 bridgehead atoms. The first-order valence-corrected chi connectivity index (χ1v) is 8.99. The van der Waals surface area contributed by atoms with Gasteiger partial charge in [0.1, 0.15) is 0 Å². The molecular formula is C17H13Br2N3O3. The highest BCUT2D eigenvalue weighted by molar-refractivity contribution is 9.13. The minimum Gasteiger partial charge on any atom is -0.331 e. The van der Waals surface area contributed by atoms with Crippen molar-refractivity contribution in [3.8, 4) is 0 Å². The number of halogens is 2. The van der Waals surface area contributed by atoms with Crippen LogP contribution in [-0.2, 0) is 9.59 Å². The highest BCUT2D eigenvalue weighted by Gasteiger charge is 2.29. The zero-order valence-corrected chi connectivity index (χ0v) is 16.0. The van der Waals surface area contributed by atoms with Crippen LogP contribution >= 0.6 is 31.9 Å². The standard InChI is InChI=1S/C17H13Br2N3O3/c18-10-5-3-7-12(15(10)19)21-17(25)22-13-8-14(23)16(24)20-11-6-2-1-4-9(11)13/h1-7,13H,8H2,(H,20,24)(H2,21,22,25). The van der Waals surface area contributed by atoms with Gasteiger partial charge in [-0.3, -0.25) is 9.59 Å². The van der Waals surface area contributed by atoms with Crippen LogP contribution in [0.2, 0.25) is 0 Å². The molecule has 3 rings (SSSR count). The number of amides is 3. The molecule has 1 heterocycles. The zero-order valence-electron chi connectivity index (χ0n) is 12.8. The Bertz CT molecular complexity index is 870. The molecule has 0 aromatic heterocycles. The van der Waals surface area contributed by atoms with E-state index in [0.717, 1.165) is 4.47 Å². The molecule has 6 nitrogen and oxygen atoms in total. The molecule has 0 aliphatic carbocycles. The lowest BCUT2D eigenvalue weighted by molar-refractivity contribution is -0.134. The maximum Gasteiger partial charge on any atom is 0.319 e. The Morgan fingerprint density at radius 1 is 1.08 bits per heavy atom. The number of benzene rings is 2. The van der Waals surface area contributed by atoms with Crippen LogP contribution in [-0.4, -0.2) is 17.7 Å². The van der Waals surface area contributed by atoms with Crippen LogP contribution in [0, 0.1) is 0 Å². The first-order valence-electron chi connectivity index (χ1n) is 7.40. The maximum atomic E-state index is 12.4. The number of nitrogens with one attached hydrogen (secondary N) is 3. The molecule has 0 saturated heterocycles. The summed E-state index contributed by atoms with van der Waals surface area (Å²) >= 11 is 6.76. The maximum absolute atomic E-state index is 12.4. The number of urea groups is 1. The number of hydrogen-bond acceptors (Lipinski definition) is 3. The molecule has 3 amide bonds. The van der Waals surface area contributed by atoms with Gasteiger partial charge >= 0.3 is 6.03 Å². The normalized spacial score (nSPS) is 16.5. The van der Waals surface area contributed by atoms with Gasteiger partial charge < -0.3 is 16.0 Å². The monoisotopic (exact) mass is 465 g/mol. The predicted octanol–water partition coefficient (Wildman–Crippen LogP) is 3.99. The molecule has 1 aliphatic heterocycles. The van der Waals surface area contributed by atoms with Crippen molar-refractivity contribution in [2.45, 2.75) is 12.5 Å². The second-order valence-electron chi connectivity index (χ2n) is 5.42. The van der Waals surface area contributed by atoms with E-state index in [1.807, 2.05) is 6.07 Å². The first kappa shape index (κ1) is 17.6. The SMILES string of the molecule is O=C(Nc1cccc(Br)c1Br)NC1CC(=O)C(=O)Nc2ccccc21. The molecule has 1 aliphatic rings. The van der Waals surface area contributed by atoms with E-state index in [0.29, 0.717) is 21.4 Å². The highest BCUT2D eigenvalue weighted by Crippen LogP contribution is 2.31.